The Hall–Kier alpha value is -2.81. The summed E-state index contributed by atoms with van der Waals surface area (Å²) in [5.41, 5.74) is 5.22. The van der Waals surface area contributed by atoms with Crippen LogP contribution < -0.4 is 9.47 Å². The predicted molar refractivity (Wildman–Crippen MR) is 93.0 cm³/mol. The van der Waals surface area contributed by atoms with E-state index in [0.29, 0.717) is 5.88 Å². The first kappa shape index (κ1) is 15.1. The maximum absolute atomic E-state index is 5.50. The topological polar surface area (TPSA) is 31.4 Å². The third-order valence-electron chi connectivity index (χ3n) is 3.80. The van der Waals surface area contributed by atoms with Crippen LogP contribution in [0.4, 0.5) is 0 Å². The molecule has 1 aromatic heterocycles. The van der Waals surface area contributed by atoms with Crippen LogP contribution in [0, 0.1) is 6.92 Å². The fourth-order valence-electron chi connectivity index (χ4n) is 2.47. The van der Waals surface area contributed by atoms with Crippen LogP contribution in [0.1, 0.15) is 5.56 Å². The molecule has 3 heteroatoms. The number of pyridine rings is 1. The van der Waals surface area contributed by atoms with E-state index in [-0.39, 0.29) is 0 Å². The molecule has 0 saturated carbocycles. The van der Waals surface area contributed by atoms with Gasteiger partial charge in [-0.05, 0) is 36.8 Å². The van der Waals surface area contributed by atoms with Gasteiger partial charge in [-0.25, -0.2) is 4.98 Å². The maximum atomic E-state index is 5.50. The van der Waals surface area contributed by atoms with Crippen LogP contribution in [-0.2, 0) is 0 Å². The monoisotopic (exact) mass is 305 g/mol. The molecule has 3 nitrogen and oxygen atoms in total. The molecule has 0 unspecified atom stereocenters. The van der Waals surface area contributed by atoms with Crippen LogP contribution in [-0.4, -0.2) is 19.2 Å². The highest BCUT2D eigenvalue weighted by atomic mass is 16.5. The molecule has 0 fully saturated rings. The second kappa shape index (κ2) is 6.53. The van der Waals surface area contributed by atoms with Crippen LogP contribution in [0.15, 0.2) is 60.7 Å². The molecular formula is C20H19NO2. The van der Waals surface area contributed by atoms with Crippen molar-refractivity contribution in [3.8, 4) is 34.0 Å². The molecule has 3 aromatic rings. The van der Waals surface area contributed by atoms with Gasteiger partial charge in [0.1, 0.15) is 5.75 Å². The highest BCUT2D eigenvalue weighted by Crippen LogP contribution is 2.32. The molecule has 0 atom stereocenters. The van der Waals surface area contributed by atoms with Crippen molar-refractivity contribution in [2.24, 2.45) is 0 Å². The number of rotatable bonds is 4. The summed E-state index contributed by atoms with van der Waals surface area (Å²) in [5.74, 6) is 1.45. The molecule has 0 aliphatic rings. The zero-order valence-corrected chi connectivity index (χ0v) is 13.5. The smallest absolute Gasteiger partial charge is 0.221 e. The predicted octanol–water partition coefficient (Wildman–Crippen LogP) is 4.74. The van der Waals surface area contributed by atoms with Gasteiger partial charge in [-0.2, -0.15) is 0 Å². The summed E-state index contributed by atoms with van der Waals surface area (Å²) >= 11 is 0. The molecule has 0 aliphatic heterocycles. The molecule has 0 spiro atoms. The van der Waals surface area contributed by atoms with E-state index in [0.717, 1.165) is 28.1 Å². The summed E-state index contributed by atoms with van der Waals surface area (Å²) in [6.45, 7) is 2.07. The Morgan fingerprint density at radius 1 is 0.696 bits per heavy atom. The Morgan fingerprint density at radius 2 is 1.35 bits per heavy atom. The van der Waals surface area contributed by atoms with E-state index >= 15 is 0 Å². The van der Waals surface area contributed by atoms with Crippen LogP contribution in [0.25, 0.3) is 22.4 Å². The molecule has 0 amide bonds. The molecule has 3 rings (SSSR count). The number of aromatic nitrogens is 1. The zero-order valence-electron chi connectivity index (χ0n) is 13.5. The lowest BCUT2D eigenvalue weighted by molar-refractivity contribution is 0.400. The normalized spacial score (nSPS) is 10.4. The van der Waals surface area contributed by atoms with Crippen molar-refractivity contribution in [2.45, 2.75) is 6.92 Å². The van der Waals surface area contributed by atoms with E-state index in [9.17, 15) is 0 Å². The van der Waals surface area contributed by atoms with Gasteiger partial charge in [-0.15, -0.1) is 0 Å². The first-order valence-electron chi connectivity index (χ1n) is 7.48. The Labute approximate surface area is 136 Å². The third kappa shape index (κ3) is 3.19. The molecule has 116 valence electrons. The van der Waals surface area contributed by atoms with Crippen molar-refractivity contribution >= 4 is 0 Å². The van der Waals surface area contributed by atoms with Gasteiger partial charge in [-0.1, -0.05) is 42.0 Å². The van der Waals surface area contributed by atoms with Crippen LogP contribution in [0.2, 0.25) is 0 Å². The lowest BCUT2D eigenvalue weighted by Gasteiger charge is -2.11. The van der Waals surface area contributed by atoms with Crippen LogP contribution >= 0.6 is 0 Å². The number of hydrogen-bond donors (Lipinski definition) is 0. The average molecular weight is 305 g/mol. The summed E-state index contributed by atoms with van der Waals surface area (Å²) in [7, 11) is 3.31. The van der Waals surface area contributed by atoms with Crippen LogP contribution in [0.5, 0.6) is 11.6 Å². The Balaban J connectivity index is 2.00. The Bertz CT molecular complexity index is 793. The highest BCUT2D eigenvalue weighted by molar-refractivity contribution is 5.72. The molecule has 0 N–H and O–H groups in total. The number of benzene rings is 2. The fraction of sp³-hybridized carbons (Fsp3) is 0.150. The van der Waals surface area contributed by atoms with E-state index in [1.54, 1.807) is 14.2 Å². The summed E-state index contributed by atoms with van der Waals surface area (Å²) in [5, 5.41) is 0. The minimum absolute atomic E-state index is 0.619. The maximum Gasteiger partial charge on any atom is 0.221 e. The van der Waals surface area contributed by atoms with E-state index in [1.807, 2.05) is 36.4 Å². The fourth-order valence-corrected chi connectivity index (χ4v) is 2.47. The molecule has 0 radical (unpaired) electrons. The molecule has 23 heavy (non-hydrogen) atoms. The van der Waals surface area contributed by atoms with Gasteiger partial charge < -0.3 is 9.47 Å². The van der Waals surface area contributed by atoms with Gasteiger partial charge in [0.25, 0.3) is 0 Å². The molecule has 2 aromatic carbocycles. The van der Waals surface area contributed by atoms with Gasteiger partial charge in [0.05, 0.1) is 19.9 Å². The molecule has 0 aliphatic carbocycles. The molecule has 0 bridgehead atoms. The van der Waals surface area contributed by atoms with Gasteiger partial charge >= 0.3 is 0 Å². The van der Waals surface area contributed by atoms with Crippen LogP contribution in [0.3, 0.4) is 0 Å². The first-order valence-corrected chi connectivity index (χ1v) is 7.48. The minimum Gasteiger partial charge on any atom is -0.497 e. The van der Waals surface area contributed by atoms with Crippen molar-refractivity contribution < 1.29 is 9.47 Å². The van der Waals surface area contributed by atoms with Crippen molar-refractivity contribution in [3.05, 3.63) is 66.2 Å². The summed E-state index contributed by atoms with van der Waals surface area (Å²) < 4.78 is 10.7. The van der Waals surface area contributed by atoms with Gasteiger partial charge in [-0.3, -0.25) is 0 Å². The number of hydrogen-bond acceptors (Lipinski definition) is 3. The number of methoxy groups -OCH3 is 2. The van der Waals surface area contributed by atoms with Gasteiger partial charge in [0.2, 0.25) is 5.88 Å². The second-order valence-corrected chi connectivity index (χ2v) is 5.35. The summed E-state index contributed by atoms with van der Waals surface area (Å²) in [6.07, 6.45) is 0. The number of nitrogens with zero attached hydrogens (tertiary/aromatic N) is 1. The van der Waals surface area contributed by atoms with E-state index < -0.39 is 0 Å². The zero-order chi connectivity index (χ0) is 16.2. The molecule has 0 saturated heterocycles. The molecule has 1 heterocycles. The highest BCUT2D eigenvalue weighted by Gasteiger charge is 2.10. The largest absolute Gasteiger partial charge is 0.497 e. The Kier molecular flexibility index (Phi) is 4.29. The van der Waals surface area contributed by atoms with E-state index in [2.05, 4.69) is 36.2 Å². The standard InChI is InChI=1S/C20H19NO2/c1-14-4-6-16(7-5-14)19-13-12-18(20(21-19)23-3)15-8-10-17(22-2)11-9-15/h4-13H,1-3H3. The van der Waals surface area contributed by atoms with Crippen molar-refractivity contribution in [2.75, 3.05) is 14.2 Å². The minimum atomic E-state index is 0.619. The Morgan fingerprint density at radius 3 is 1.96 bits per heavy atom. The van der Waals surface area contributed by atoms with Gasteiger partial charge in [0, 0.05) is 11.1 Å². The summed E-state index contributed by atoms with van der Waals surface area (Å²) in [6, 6.07) is 20.3. The molecular weight excluding hydrogens is 286 g/mol. The lowest BCUT2D eigenvalue weighted by atomic mass is 10.0. The third-order valence-corrected chi connectivity index (χ3v) is 3.80. The first-order chi connectivity index (χ1) is 11.2. The second-order valence-electron chi connectivity index (χ2n) is 5.35. The van der Waals surface area contributed by atoms with Crippen molar-refractivity contribution in [1.82, 2.24) is 4.98 Å². The quantitative estimate of drug-likeness (QED) is 0.697. The lowest BCUT2D eigenvalue weighted by Crippen LogP contribution is -1.94. The van der Waals surface area contributed by atoms with Crippen molar-refractivity contribution in [3.63, 3.8) is 0 Å². The summed E-state index contributed by atoms with van der Waals surface area (Å²) in [4.78, 5) is 4.66. The van der Waals surface area contributed by atoms with Gasteiger partial charge in [0.15, 0.2) is 0 Å². The van der Waals surface area contributed by atoms with Crippen molar-refractivity contribution in [1.29, 1.82) is 0 Å². The van der Waals surface area contributed by atoms with E-state index in [4.69, 9.17) is 9.47 Å². The van der Waals surface area contributed by atoms with E-state index in [1.165, 1.54) is 5.56 Å². The number of ether oxygens (including phenoxy) is 2. The number of aryl methyl sites for hydroxylation is 1. The average Bonchev–Trinajstić information content (AvgIpc) is 2.62. The SMILES string of the molecule is COc1ccc(-c2ccc(-c3ccc(C)cc3)nc2OC)cc1.